The molecule has 0 bridgehead atoms. The molecule has 1 heterocycles. The summed E-state index contributed by atoms with van der Waals surface area (Å²) in [5.41, 5.74) is 0.0431. The predicted molar refractivity (Wildman–Crippen MR) is 61.3 cm³/mol. The van der Waals surface area contributed by atoms with Crippen molar-refractivity contribution in [2.75, 3.05) is 26.8 Å². The minimum Gasteiger partial charge on any atom is -0.486 e. The molecule has 0 radical (unpaired) electrons. The van der Waals surface area contributed by atoms with E-state index in [-0.39, 0.29) is 22.9 Å². The largest absolute Gasteiger partial charge is 0.486 e. The van der Waals surface area contributed by atoms with E-state index in [9.17, 15) is 9.50 Å². The number of likely N-dealkylation sites (N-methyl/N-ethyl adjacent to an activating group) is 1. The van der Waals surface area contributed by atoms with Crippen LogP contribution in [-0.2, 0) is 0 Å². The van der Waals surface area contributed by atoms with Gasteiger partial charge in [0.1, 0.15) is 13.2 Å². The van der Waals surface area contributed by atoms with Crippen LogP contribution in [0.3, 0.4) is 0 Å². The fraction of sp³-hybridized carbons (Fsp3) is 0.455. The summed E-state index contributed by atoms with van der Waals surface area (Å²) in [5, 5.41) is 12.6. The van der Waals surface area contributed by atoms with Crippen LogP contribution >= 0.6 is 11.6 Å². The molecule has 4 nitrogen and oxygen atoms in total. The van der Waals surface area contributed by atoms with Gasteiger partial charge in [-0.2, -0.15) is 0 Å². The zero-order valence-corrected chi connectivity index (χ0v) is 10.1. The van der Waals surface area contributed by atoms with Crippen molar-refractivity contribution in [3.8, 4) is 11.5 Å². The Morgan fingerprint density at radius 3 is 2.94 bits per heavy atom. The van der Waals surface area contributed by atoms with Gasteiger partial charge in [0.05, 0.1) is 16.7 Å². The van der Waals surface area contributed by atoms with E-state index < -0.39 is 11.9 Å². The number of rotatable bonds is 3. The van der Waals surface area contributed by atoms with E-state index in [1.807, 2.05) is 0 Å². The first-order valence-electron chi connectivity index (χ1n) is 5.25. The maximum atomic E-state index is 13.9. The number of hydrogen-bond donors (Lipinski definition) is 2. The van der Waals surface area contributed by atoms with Gasteiger partial charge in [0.15, 0.2) is 17.3 Å². The Hall–Kier alpha value is -1.04. The number of fused-ring (bicyclic) bond motifs is 1. The van der Waals surface area contributed by atoms with Crippen LogP contribution in [0.5, 0.6) is 11.5 Å². The third-order valence-corrected chi connectivity index (χ3v) is 2.77. The minimum absolute atomic E-state index is 0.0431. The van der Waals surface area contributed by atoms with Crippen molar-refractivity contribution >= 4 is 11.6 Å². The topological polar surface area (TPSA) is 50.7 Å². The van der Waals surface area contributed by atoms with Crippen LogP contribution in [-0.4, -0.2) is 31.9 Å². The second-order valence-electron chi connectivity index (χ2n) is 3.68. The van der Waals surface area contributed by atoms with E-state index >= 15 is 0 Å². The van der Waals surface area contributed by atoms with Crippen LogP contribution in [0.1, 0.15) is 11.7 Å². The Kier molecular flexibility index (Phi) is 3.71. The van der Waals surface area contributed by atoms with Crippen molar-refractivity contribution in [1.29, 1.82) is 0 Å². The Labute approximate surface area is 103 Å². The van der Waals surface area contributed by atoms with Crippen molar-refractivity contribution < 1.29 is 19.0 Å². The van der Waals surface area contributed by atoms with Gasteiger partial charge in [0.25, 0.3) is 0 Å². The summed E-state index contributed by atoms with van der Waals surface area (Å²) in [7, 11) is 1.66. The smallest absolute Gasteiger partial charge is 0.170 e. The number of ether oxygens (including phenoxy) is 2. The second kappa shape index (κ2) is 5.08. The standard InChI is InChI=1S/C11H13ClFNO3/c1-14-5-7(15)9-10(13)6(12)4-8-11(9)17-3-2-16-8/h4,7,14-15H,2-3,5H2,1H3. The molecular formula is C11H13ClFNO3. The molecule has 2 rings (SSSR count). The number of aliphatic hydroxyl groups excluding tert-OH is 1. The van der Waals surface area contributed by atoms with Crippen LogP contribution < -0.4 is 14.8 Å². The van der Waals surface area contributed by atoms with Gasteiger partial charge in [-0.05, 0) is 7.05 Å². The van der Waals surface area contributed by atoms with Gasteiger partial charge < -0.3 is 19.9 Å². The molecule has 1 aromatic rings. The summed E-state index contributed by atoms with van der Waals surface area (Å²) in [6.07, 6.45) is -1.03. The predicted octanol–water partition coefficient (Wildman–Crippen LogP) is 1.50. The molecule has 1 unspecified atom stereocenters. The van der Waals surface area contributed by atoms with Crippen LogP contribution in [0.4, 0.5) is 4.39 Å². The van der Waals surface area contributed by atoms with Crippen LogP contribution in [0.15, 0.2) is 6.07 Å². The summed E-state index contributed by atoms with van der Waals surface area (Å²) < 4.78 is 24.6. The summed E-state index contributed by atoms with van der Waals surface area (Å²) in [6, 6.07) is 1.36. The maximum Gasteiger partial charge on any atom is 0.170 e. The number of halogens is 2. The Bertz CT molecular complexity index is 428. The highest BCUT2D eigenvalue weighted by molar-refractivity contribution is 6.31. The fourth-order valence-corrected chi connectivity index (χ4v) is 1.95. The summed E-state index contributed by atoms with van der Waals surface area (Å²) in [6.45, 7) is 0.914. The molecule has 0 fully saturated rings. The lowest BCUT2D eigenvalue weighted by molar-refractivity contribution is 0.142. The Morgan fingerprint density at radius 1 is 1.53 bits per heavy atom. The van der Waals surface area contributed by atoms with Gasteiger partial charge in [-0.3, -0.25) is 0 Å². The van der Waals surface area contributed by atoms with E-state index in [1.54, 1.807) is 7.05 Å². The van der Waals surface area contributed by atoms with Gasteiger partial charge in [-0.25, -0.2) is 4.39 Å². The lowest BCUT2D eigenvalue weighted by atomic mass is 10.1. The van der Waals surface area contributed by atoms with Crippen LogP contribution in [0, 0.1) is 5.82 Å². The molecule has 0 saturated carbocycles. The Balaban J connectivity index is 2.50. The zero-order valence-electron chi connectivity index (χ0n) is 9.30. The molecule has 0 aromatic heterocycles. The molecule has 1 aliphatic rings. The molecule has 1 aromatic carbocycles. The summed E-state index contributed by atoms with van der Waals surface area (Å²) in [5.74, 6) is -0.0626. The third-order valence-electron chi connectivity index (χ3n) is 2.49. The molecule has 2 N–H and O–H groups in total. The van der Waals surface area contributed by atoms with Crippen LogP contribution in [0.25, 0.3) is 0 Å². The van der Waals surface area contributed by atoms with E-state index in [0.717, 1.165) is 0 Å². The SMILES string of the molecule is CNCC(O)c1c(F)c(Cl)cc2c1OCCO2. The van der Waals surface area contributed by atoms with Crippen molar-refractivity contribution in [1.82, 2.24) is 5.32 Å². The van der Waals surface area contributed by atoms with Crippen molar-refractivity contribution in [3.63, 3.8) is 0 Å². The summed E-state index contributed by atoms with van der Waals surface area (Å²) in [4.78, 5) is 0. The average Bonchev–Trinajstić information content (AvgIpc) is 2.31. The van der Waals surface area contributed by atoms with Gasteiger partial charge in [-0.15, -0.1) is 0 Å². The molecule has 1 aliphatic heterocycles. The molecule has 6 heteroatoms. The lowest BCUT2D eigenvalue weighted by Crippen LogP contribution is -2.22. The minimum atomic E-state index is -1.03. The maximum absolute atomic E-state index is 13.9. The molecule has 17 heavy (non-hydrogen) atoms. The molecule has 0 spiro atoms. The van der Waals surface area contributed by atoms with E-state index in [2.05, 4.69) is 5.32 Å². The first-order chi connectivity index (χ1) is 8.15. The molecule has 0 amide bonds. The molecule has 0 aliphatic carbocycles. The second-order valence-corrected chi connectivity index (χ2v) is 4.09. The number of aliphatic hydroxyl groups is 1. The monoisotopic (exact) mass is 261 g/mol. The first-order valence-corrected chi connectivity index (χ1v) is 5.63. The lowest BCUT2D eigenvalue weighted by Gasteiger charge is -2.24. The van der Waals surface area contributed by atoms with Crippen molar-refractivity contribution in [3.05, 3.63) is 22.5 Å². The van der Waals surface area contributed by atoms with E-state index in [0.29, 0.717) is 19.0 Å². The highest BCUT2D eigenvalue weighted by atomic mass is 35.5. The fourth-order valence-electron chi connectivity index (χ4n) is 1.75. The van der Waals surface area contributed by atoms with E-state index in [1.165, 1.54) is 6.07 Å². The molecule has 94 valence electrons. The van der Waals surface area contributed by atoms with Gasteiger partial charge in [0, 0.05) is 12.6 Å². The third kappa shape index (κ3) is 2.31. The van der Waals surface area contributed by atoms with Crippen molar-refractivity contribution in [2.45, 2.75) is 6.10 Å². The number of hydrogen-bond acceptors (Lipinski definition) is 4. The number of benzene rings is 1. The van der Waals surface area contributed by atoms with E-state index in [4.69, 9.17) is 21.1 Å². The normalized spacial score (nSPS) is 15.8. The highest BCUT2D eigenvalue weighted by Crippen LogP contribution is 2.41. The molecule has 1 atom stereocenters. The first kappa shape index (κ1) is 12.4. The van der Waals surface area contributed by atoms with Crippen molar-refractivity contribution in [2.24, 2.45) is 0 Å². The van der Waals surface area contributed by atoms with Gasteiger partial charge in [-0.1, -0.05) is 11.6 Å². The van der Waals surface area contributed by atoms with Crippen LogP contribution in [0.2, 0.25) is 5.02 Å². The highest BCUT2D eigenvalue weighted by Gasteiger charge is 2.26. The average molecular weight is 262 g/mol. The molecule has 0 saturated heterocycles. The van der Waals surface area contributed by atoms with Gasteiger partial charge >= 0.3 is 0 Å². The quantitative estimate of drug-likeness (QED) is 0.866. The number of nitrogens with one attached hydrogen (secondary N) is 1. The zero-order chi connectivity index (χ0) is 12.4. The Morgan fingerprint density at radius 2 is 2.24 bits per heavy atom. The van der Waals surface area contributed by atoms with Gasteiger partial charge in [0.2, 0.25) is 0 Å². The summed E-state index contributed by atoms with van der Waals surface area (Å²) >= 11 is 5.75. The molecular weight excluding hydrogens is 249 g/mol.